The molecule has 2 N–H and O–H groups in total. The minimum absolute atomic E-state index is 0.121. The van der Waals surface area contributed by atoms with E-state index in [1.807, 2.05) is 11.9 Å². The summed E-state index contributed by atoms with van der Waals surface area (Å²) in [5.74, 6) is 0.569. The molecule has 2 fully saturated rings. The van der Waals surface area contributed by atoms with E-state index in [4.69, 9.17) is 22.7 Å². The minimum Gasteiger partial charge on any atom is -0.392 e. The maximum atomic E-state index is 12.9. The van der Waals surface area contributed by atoms with E-state index in [-0.39, 0.29) is 5.91 Å². The van der Waals surface area contributed by atoms with Crippen LogP contribution in [-0.4, -0.2) is 42.6 Å². The summed E-state index contributed by atoms with van der Waals surface area (Å²) in [6.07, 6.45) is 7.12. The minimum atomic E-state index is -0.585. The Hall–Kier alpha value is -0.680. The van der Waals surface area contributed by atoms with Gasteiger partial charge in [-0.2, -0.15) is 0 Å². The average Bonchev–Trinajstić information content (AvgIpc) is 2.48. The van der Waals surface area contributed by atoms with Crippen LogP contribution in [0.5, 0.6) is 0 Å². The Kier molecular flexibility index (Phi) is 5.38. The van der Waals surface area contributed by atoms with Crippen LogP contribution in [0.1, 0.15) is 44.9 Å². The fraction of sp³-hybridized carbons (Fsp3) is 0.867. The van der Waals surface area contributed by atoms with Gasteiger partial charge in [0.2, 0.25) is 5.91 Å². The molecule has 5 heteroatoms. The molecule has 114 valence electrons. The van der Waals surface area contributed by atoms with Crippen molar-refractivity contribution < 1.29 is 9.53 Å². The first-order chi connectivity index (χ1) is 9.56. The molecule has 1 saturated heterocycles. The van der Waals surface area contributed by atoms with Crippen molar-refractivity contribution in [2.45, 2.75) is 44.9 Å². The number of hydrogen-bond donors (Lipinski definition) is 1. The van der Waals surface area contributed by atoms with Crippen molar-refractivity contribution in [1.82, 2.24) is 4.90 Å². The monoisotopic (exact) mass is 298 g/mol. The number of rotatable bonds is 4. The number of carbonyl (C=O) groups excluding carboxylic acids is 1. The quantitative estimate of drug-likeness (QED) is 0.808. The summed E-state index contributed by atoms with van der Waals surface area (Å²) < 4.78 is 5.49. The molecule has 0 bridgehead atoms. The second-order valence-corrected chi connectivity index (χ2v) is 6.72. The highest BCUT2D eigenvalue weighted by Crippen LogP contribution is 2.38. The first-order valence-corrected chi connectivity index (χ1v) is 8.10. The second-order valence-electron chi connectivity index (χ2n) is 6.28. The number of nitrogens with two attached hydrogens (primary N) is 1. The zero-order chi connectivity index (χ0) is 14.6. The van der Waals surface area contributed by atoms with Crippen LogP contribution < -0.4 is 5.73 Å². The van der Waals surface area contributed by atoms with Crippen LogP contribution in [0, 0.1) is 11.3 Å². The highest BCUT2D eigenvalue weighted by molar-refractivity contribution is 7.80. The van der Waals surface area contributed by atoms with Gasteiger partial charge in [-0.1, -0.05) is 31.5 Å². The van der Waals surface area contributed by atoms with Gasteiger partial charge in [-0.3, -0.25) is 4.79 Å². The second kappa shape index (κ2) is 6.85. The fourth-order valence-corrected chi connectivity index (χ4v) is 3.80. The molecule has 0 aromatic rings. The van der Waals surface area contributed by atoms with E-state index >= 15 is 0 Å². The van der Waals surface area contributed by atoms with Gasteiger partial charge in [0, 0.05) is 20.2 Å². The lowest BCUT2D eigenvalue weighted by Crippen LogP contribution is -2.51. The van der Waals surface area contributed by atoms with Crippen LogP contribution in [0.25, 0.3) is 0 Å². The normalized spacial score (nSPS) is 25.9. The van der Waals surface area contributed by atoms with Crippen LogP contribution in [0.2, 0.25) is 0 Å². The number of carbonyl (C=O) groups is 1. The number of ether oxygens (including phenoxy) is 1. The predicted molar refractivity (Wildman–Crippen MR) is 83.5 cm³/mol. The number of thiocarbonyl (C=S) groups is 1. The third-order valence-corrected chi connectivity index (χ3v) is 5.11. The van der Waals surface area contributed by atoms with E-state index in [9.17, 15) is 4.79 Å². The standard InChI is InChI=1S/C15H26N2O2S/c1-17(10-12-6-5-9-19-11-12)14(18)15(13(16)20)7-3-2-4-8-15/h12H,2-11H2,1H3,(H2,16,20). The molecular formula is C15H26N2O2S. The van der Waals surface area contributed by atoms with Crippen LogP contribution in [0.3, 0.4) is 0 Å². The molecule has 1 heterocycles. The van der Waals surface area contributed by atoms with Crippen LogP contribution >= 0.6 is 12.2 Å². The smallest absolute Gasteiger partial charge is 0.235 e. The molecule has 2 aliphatic rings. The summed E-state index contributed by atoms with van der Waals surface area (Å²) in [7, 11) is 1.88. The SMILES string of the molecule is CN(CC1CCCOC1)C(=O)C1(C(N)=S)CCCCC1. The molecule has 1 unspecified atom stereocenters. The molecule has 1 aliphatic carbocycles. The first-order valence-electron chi connectivity index (χ1n) is 7.69. The first kappa shape index (κ1) is 15.7. The van der Waals surface area contributed by atoms with Gasteiger partial charge in [0.25, 0.3) is 0 Å². The Labute approximate surface area is 127 Å². The largest absolute Gasteiger partial charge is 0.392 e. The fourth-order valence-electron chi connectivity index (χ4n) is 3.51. The van der Waals surface area contributed by atoms with Crippen molar-refractivity contribution >= 4 is 23.1 Å². The Bertz CT molecular complexity index is 361. The molecule has 0 spiro atoms. The Morgan fingerprint density at radius 3 is 2.60 bits per heavy atom. The summed E-state index contributed by atoms with van der Waals surface area (Å²) in [5, 5.41) is 0. The van der Waals surface area contributed by atoms with Crippen LogP contribution in [0.4, 0.5) is 0 Å². The van der Waals surface area contributed by atoms with Crippen molar-refractivity contribution in [2.75, 3.05) is 26.8 Å². The van der Waals surface area contributed by atoms with Crippen LogP contribution in [0.15, 0.2) is 0 Å². The van der Waals surface area contributed by atoms with Gasteiger partial charge in [0.05, 0.1) is 17.0 Å². The highest BCUT2D eigenvalue weighted by Gasteiger charge is 2.44. The molecule has 4 nitrogen and oxygen atoms in total. The lowest BCUT2D eigenvalue weighted by Gasteiger charge is -2.39. The molecule has 1 saturated carbocycles. The van der Waals surface area contributed by atoms with Gasteiger partial charge >= 0.3 is 0 Å². The van der Waals surface area contributed by atoms with Crippen molar-refractivity contribution in [3.05, 3.63) is 0 Å². The van der Waals surface area contributed by atoms with E-state index in [2.05, 4.69) is 0 Å². The van der Waals surface area contributed by atoms with Gasteiger partial charge in [0.15, 0.2) is 0 Å². The summed E-state index contributed by atoms with van der Waals surface area (Å²) >= 11 is 5.23. The molecule has 0 radical (unpaired) electrons. The van der Waals surface area contributed by atoms with Gasteiger partial charge < -0.3 is 15.4 Å². The zero-order valence-corrected chi connectivity index (χ0v) is 13.2. The average molecular weight is 298 g/mol. The third-order valence-electron chi connectivity index (χ3n) is 4.72. The van der Waals surface area contributed by atoms with Crippen molar-refractivity contribution in [3.63, 3.8) is 0 Å². The maximum absolute atomic E-state index is 12.9. The number of amides is 1. The molecule has 2 rings (SSSR count). The van der Waals surface area contributed by atoms with Gasteiger partial charge in [-0.15, -0.1) is 0 Å². The Balaban J connectivity index is 2.01. The lowest BCUT2D eigenvalue weighted by molar-refractivity contribution is -0.139. The van der Waals surface area contributed by atoms with Crippen LogP contribution in [-0.2, 0) is 9.53 Å². The lowest BCUT2D eigenvalue weighted by atomic mass is 9.73. The van der Waals surface area contributed by atoms with Gasteiger partial charge in [0.1, 0.15) is 0 Å². The van der Waals surface area contributed by atoms with E-state index in [0.717, 1.165) is 58.3 Å². The van der Waals surface area contributed by atoms with E-state index in [1.165, 1.54) is 6.42 Å². The van der Waals surface area contributed by atoms with Crippen molar-refractivity contribution in [3.8, 4) is 0 Å². The Morgan fingerprint density at radius 1 is 1.35 bits per heavy atom. The zero-order valence-electron chi connectivity index (χ0n) is 12.4. The summed E-state index contributed by atoms with van der Waals surface area (Å²) in [4.78, 5) is 15.1. The number of nitrogens with zero attached hydrogens (tertiary/aromatic N) is 1. The van der Waals surface area contributed by atoms with E-state index in [1.54, 1.807) is 0 Å². The van der Waals surface area contributed by atoms with Crippen molar-refractivity contribution in [2.24, 2.45) is 17.1 Å². The van der Waals surface area contributed by atoms with E-state index < -0.39 is 5.41 Å². The van der Waals surface area contributed by atoms with Gasteiger partial charge in [-0.05, 0) is 31.6 Å². The molecule has 1 atom stereocenters. The van der Waals surface area contributed by atoms with Crippen molar-refractivity contribution in [1.29, 1.82) is 0 Å². The molecular weight excluding hydrogens is 272 g/mol. The predicted octanol–water partition coefficient (Wildman–Crippen LogP) is 2.11. The number of hydrogen-bond acceptors (Lipinski definition) is 3. The highest BCUT2D eigenvalue weighted by atomic mass is 32.1. The topological polar surface area (TPSA) is 55.6 Å². The molecule has 1 amide bonds. The maximum Gasteiger partial charge on any atom is 0.235 e. The summed E-state index contributed by atoms with van der Waals surface area (Å²) in [6.45, 7) is 2.37. The summed E-state index contributed by atoms with van der Waals surface area (Å²) in [6, 6.07) is 0. The van der Waals surface area contributed by atoms with E-state index in [0.29, 0.717) is 10.9 Å². The van der Waals surface area contributed by atoms with Gasteiger partial charge in [-0.25, -0.2) is 0 Å². The molecule has 1 aliphatic heterocycles. The molecule has 0 aromatic carbocycles. The summed E-state index contributed by atoms with van der Waals surface area (Å²) in [5.41, 5.74) is 5.35. The molecule has 20 heavy (non-hydrogen) atoms. The third kappa shape index (κ3) is 3.31. The molecule has 0 aromatic heterocycles. The Morgan fingerprint density at radius 2 is 2.05 bits per heavy atom.